The molecule has 0 aliphatic rings. The van der Waals surface area contributed by atoms with Gasteiger partial charge in [-0.25, -0.2) is 4.98 Å². The highest BCUT2D eigenvalue weighted by Crippen LogP contribution is 2.31. The van der Waals surface area contributed by atoms with Crippen LogP contribution in [0.1, 0.15) is 20.3 Å². The second-order valence-corrected chi connectivity index (χ2v) is 9.69. The third kappa shape index (κ3) is 6.95. The maximum Gasteiger partial charge on any atom is 0.229 e. The molecule has 4 nitrogen and oxygen atoms in total. The van der Waals surface area contributed by atoms with Crippen LogP contribution in [-0.2, 0) is 4.79 Å². The van der Waals surface area contributed by atoms with Crippen molar-refractivity contribution in [3.05, 3.63) is 53.0 Å². The molecule has 0 saturated carbocycles. The molecule has 1 amide bonds. The van der Waals surface area contributed by atoms with Crippen LogP contribution in [0.3, 0.4) is 0 Å². The molecule has 0 aliphatic carbocycles. The normalized spacial score (nSPS) is 10.9. The lowest BCUT2D eigenvalue weighted by Crippen LogP contribution is -2.39. The van der Waals surface area contributed by atoms with Crippen LogP contribution in [0.2, 0.25) is 0 Å². The summed E-state index contributed by atoms with van der Waals surface area (Å²) >= 11 is 6.83. The zero-order chi connectivity index (χ0) is 20.6. The molecule has 0 atom stereocenters. The van der Waals surface area contributed by atoms with Gasteiger partial charge in [0.05, 0.1) is 10.2 Å². The first kappa shape index (κ1) is 25.1. The molecular weight excluding hydrogens is 502 g/mol. The van der Waals surface area contributed by atoms with Crippen LogP contribution in [0.15, 0.2) is 57.9 Å². The Morgan fingerprint density at radius 3 is 2.53 bits per heavy atom. The van der Waals surface area contributed by atoms with E-state index < -0.39 is 0 Å². The van der Waals surface area contributed by atoms with Crippen molar-refractivity contribution in [1.82, 2.24) is 9.88 Å². The molecule has 30 heavy (non-hydrogen) atoms. The van der Waals surface area contributed by atoms with Gasteiger partial charge in [-0.05, 0) is 43.4 Å². The number of carbonyl (C=O) groups is 1. The number of benzene rings is 2. The van der Waals surface area contributed by atoms with Crippen molar-refractivity contribution in [2.24, 2.45) is 0 Å². The van der Waals surface area contributed by atoms with Gasteiger partial charge in [-0.2, -0.15) is 0 Å². The van der Waals surface area contributed by atoms with Crippen LogP contribution < -0.4 is 4.90 Å². The van der Waals surface area contributed by atoms with Gasteiger partial charge in [0.15, 0.2) is 5.13 Å². The number of halogens is 2. The Hall–Kier alpha value is -1.12. The molecule has 0 saturated heterocycles. The van der Waals surface area contributed by atoms with E-state index in [1.165, 1.54) is 4.90 Å². The monoisotopic (exact) mass is 527 g/mol. The molecule has 0 spiro atoms. The van der Waals surface area contributed by atoms with E-state index in [9.17, 15) is 4.79 Å². The van der Waals surface area contributed by atoms with Crippen LogP contribution in [0.5, 0.6) is 0 Å². The summed E-state index contributed by atoms with van der Waals surface area (Å²) in [5.41, 5.74) is 0.937. The van der Waals surface area contributed by atoms with Crippen LogP contribution >= 0.6 is 51.4 Å². The van der Waals surface area contributed by atoms with Crippen LogP contribution in [-0.4, -0.2) is 47.7 Å². The highest BCUT2D eigenvalue weighted by atomic mass is 79.9. The van der Waals surface area contributed by atoms with Gasteiger partial charge in [0.1, 0.15) is 0 Å². The molecule has 2 aromatic carbocycles. The lowest BCUT2D eigenvalue weighted by molar-refractivity contribution is -0.118. The minimum atomic E-state index is 0. The van der Waals surface area contributed by atoms with E-state index in [1.54, 1.807) is 23.1 Å². The zero-order valence-electron chi connectivity index (χ0n) is 17.2. The van der Waals surface area contributed by atoms with Crippen molar-refractivity contribution in [2.75, 3.05) is 36.8 Å². The van der Waals surface area contributed by atoms with Crippen molar-refractivity contribution in [2.45, 2.75) is 25.2 Å². The molecule has 0 fully saturated rings. The highest BCUT2D eigenvalue weighted by Gasteiger charge is 2.20. The summed E-state index contributed by atoms with van der Waals surface area (Å²) in [6, 6.07) is 16.3. The Labute approximate surface area is 201 Å². The molecule has 1 aromatic heterocycles. The molecule has 3 aromatic rings. The minimum absolute atomic E-state index is 0. The summed E-state index contributed by atoms with van der Waals surface area (Å²) in [5.74, 6) is 0.903. The van der Waals surface area contributed by atoms with E-state index in [2.05, 4.69) is 52.9 Å². The molecule has 0 unspecified atom stereocenters. The van der Waals surface area contributed by atoms with E-state index in [4.69, 9.17) is 4.98 Å². The maximum absolute atomic E-state index is 13.1. The molecular formula is C22H27BrClN3OS2. The number of aromatic nitrogens is 1. The van der Waals surface area contributed by atoms with E-state index in [0.29, 0.717) is 13.0 Å². The molecule has 8 heteroatoms. The van der Waals surface area contributed by atoms with Crippen LogP contribution in [0.4, 0.5) is 5.13 Å². The standard InChI is InChI=1S/C22H26BrN3OS2.ClH/c1-3-25(4-2)13-14-26(21(27)12-15-28-18-8-6-5-7-9-18)22-24-19-11-10-17(23)16-20(19)29-22;/h5-11,16H,3-4,12-15H2,1-2H3;1H. The number of rotatable bonds is 10. The largest absolute Gasteiger partial charge is 0.302 e. The van der Waals surface area contributed by atoms with Gasteiger partial charge >= 0.3 is 0 Å². The fourth-order valence-corrected chi connectivity index (χ4v) is 5.44. The molecule has 1 heterocycles. The first-order chi connectivity index (χ1) is 14.1. The van der Waals surface area contributed by atoms with Gasteiger partial charge < -0.3 is 4.90 Å². The van der Waals surface area contributed by atoms with Crippen molar-refractivity contribution in [1.29, 1.82) is 0 Å². The van der Waals surface area contributed by atoms with E-state index in [0.717, 1.165) is 45.2 Å². The summed E-state index contributed by atoms with van der Waals surface area (Å²) < 4.78 is 2.12. The third-order valence-corrected chi connectivity index (χ3v) is 7.28. The first-order valence-electron chi connectivity index (χ1n) is 9.87. The first-order valence-corrected chi connectivity index (χ1v) is 12.5. The predicted octanol–water partition coefficient (Wildman–Crippen LogP) is 6.34. The number of amides is 1. The topological polar surface area (TPSA) is 36.4 Å². The lowest BCUT2D eigenvalue weighted by atomic mass is 10.3. The molecule has 0 bridgehead atoms. The van der Waals surface area contributed by atoms with Crippen LogP contribution in [0, 0.1) is 0 Å². The lowest BCUT2D eigenvalue weighted by Gasteiger charge is -2.24. The van der Waals surface area contributed by atoms with Crippen molar-refractivity contribution in [3.8, 4) is 0 Å². The average Bonchev–Trinajstić information content (AvgIpc) is 3.14. The van der Waals surface area contributed by atoms with E-state index >= 15 is 0 Å². The van der Waals surface area contributed by atoms with Gasteiger partial charge in [0.25, 0.3) is 0 Å². The van der Waals surface area contributed by atoms with Crippen molar-refractivity contribution in [3.63, 3.8) is 0 Å². The van der Waals surface area contributed by atoms with Gasteiger partial charge in [-0.1, -0.05) is 59.3 Å². The molecule has 162 valence electrons. The summed E-state index contributed by atoms with van der Waals surface area (Å²) in [5, 5.41) is 0.792. The number of thioether (sulfide) groups is 1. The fraction of sp³-hybridized carbons (Fsp3) is 0.364. The second kappa shape index (κ2) is 12.7. The summed E-state index contributed by atoms with van der Waals surface area (Å²) in [6.07, 6.45) is 0.497. The van der Waals surface area contributed by atoms with E-state index in [-0.39, 0.29) is 18.3 Å². The smallest absolute Gasteiger partial charge is 0.229 e. The SMILES string of the molecule is CCN(CC)CCN(C(=O)CCSc1ccccc1)c1nc2ccc(Br)cc2s1.Cl. The summed E-state index contributed by atoms with van der Waals surface area (Å²) in [6.45, 7) is 7.79. The predicted molar refractivity (Wildman–Crippen MR) is 136 cm³/mol. The number of hydrogen-bond acceptors (Lipinski definition) is 5. The van der Waals surface area contributed by atoms with Crippen molar-refractivity contribution < 1.29 is 4.79 Å². The number of carbonyl (C=O) groups excluding carboxylic acids is 1. The Bertz CT molecular complexity index is 935. The minimum Gasteiger partial charge on any atom is -0.302 e. The Morgan fingerprint density at radius 2 is 1.83 bits per heavy atom. The van der Waals surface area contributed by atoms with Gasteiger partial charge in [-0.3, -0.25) is 9.69 Å². The fourth-order valence-electron chi connectivity index (χ4n) is 3.02. The molecule has 0 N–H and O–H groups in total. The number of likely N-dealkylation sites (N-methyl/N-ethyl adjacent to an activating group) is 1. The van der Waals surface area contributed by atoms with Gasteiger partial charge in [-0.15, -0.1) is 24.2 Å². The number of hydrogen-bond donors (Lipinski definition) is 0. The highest BCUT2D eigenvalue weighted by molar-refractivity contribution is 9.10. The Morgan fingerprint density at radius 1 is 1.10 bits per heavy atom. The molecule has 3 rings (SSSR count). The van der Waals surface area contributed by atoms with E-state index in [1.807, 2.05) is 35.2 Å². The van der Waals surface area contributed by atoms with Crippen molar-refractivity contribution >= 4 is 72.7 Å². The third-order valence-electron chi connectivity index (χ3n) is 4.73. The maximum atomic E-state index is 13.1. The van der Waals surface area contributed by atoms with Gasteiger partial charge in [0.2, 0.25) is 5.91 Å². The number of thiazole rings is 1. The second-order valence-electron chi connectivity index (χ2n) is 6.59. The Kier molecular flexibility index (Phi) is 10.6. The Balaban J connectivity index is 0.00000320. The summed E-state index contributed by atoms with van der Waals surface area (Å²) in [4.78, 5) is 23.3. The molecule has 0 radical (unpaired) electrons. The number of fused-ring (bicyclic) bond motifs is 1. The van der Waals surface area contributed by atoms with Gasteiger partial charge in [0, 0.05) is 34.6 Å². The quantitative estimate of drug-likeness (QED) is 0.288. The van der Waals surface area contributed by atoms with Crippen LogP contribution in [0.25, 0.3) is 10.2 Å². The molecule has 0 aliphatic heterocycles. The summed E-state index contributed by atoms with van der Waals surface area (Å²) in [7, 11) is 0. The number of anilines is 1. The number of nitrogens with zero attached hydrogens (tertiary/aromatic N) is 3. The average molecular weight is 529 g/mol. The zero-order valence-corrected chi connectivity index (χ0v) is 21.2.